The molecule has 1 aromatic carbocycles. The van der Waals surface area contributed by atoms with Gasteiger partial charge in [0.2, 0.25) is 0 Å². The monoisotopic (exact) mass is 319 g/mol. The fourth-order valence-electron chi connectivity index (χ4n) is 3.09. The molecule has 1 aliphatic rings. The number of benzene rings is 1. The molecule has 1 fully saturated rings. The minimum Gasteiger partial charge on any atom is -0.494 e. The summed E-state index contributed by atoms with van der Waals surface area (Å²) in [6, 6.07) is 8.23. The van der Waals surface area contributed by atoms with Crippen molar-refractivity contribution in [3.05, 3.63) is 29.8 Å². The molecule has 4 nitrogen and oxygen atoms in total. The Kier molecular flexibility index (Phi) is 6.31. The lowest BCUT2D eigenvalue weighted by Crippen LogP contribution is -2.41. The first-order valence-corrected chi connectivity index (χ1v) is 8.70. The number of ether oxygens (including phenoxy) is 2. The highest BCUT2D eigenvalue weighted by Gasteiger charge is 2.25. The molecule has 128 valence electrons. The van der Waals surface area contributed by atoms with Gasteiger partial charge in [-0.05, 0) is 51.3 Å². The zero-order valence-electron chi connectivity index (χ0n) is 14.6. The predicted molar refractivity (Wildman–Crippen MR) is 91.9 cm³/mol. The number of amides is 1. The van der Waals surface area contributed by atoms with Crippen molar-refractivity contribution >= 4 is 6.09 Å². The van der Waals surface area contributed by atoms with Crippen LogP contribution in [-0.4, -0.2) is 24.3 Å². The minimum atomic E-state index is -0.536. The van der Waals surface area contributed by atoms with Crippen molar-refractivity contribution in [2.75, 3.05) is 6.61 Å². The van der Waals surface area contributed by atoms with Gasteiger partial charge in [-0.15, -0.1) is 0 Å². The first-order valence-electron chi connectivity index (χ1n) is 8.70. The fourth-order valence-corrected chi connectivity index (χ4v) is 3.09. The molecular formula is C19H29NO3. The molecule has 0 spiro atoms. The standard InChI is InChI=1S/C19H29NO3/c1-4-22-17-12-10-15(11-13-17)14-19(2,3)23-18(21)20-16-8-6-5-7-9-16/h10-13,16H,4-9,14H2,1-3H3,(H,20,21). The molecule has 1 amide bonds. The van der Waals surface area contributed by atoms with Crippen LogP contribution < -0.4 is 10.1 Å². The van der Waals surface area contributed by atoms with E-state index in [9.17, 15) is 4.79 Å². The van der Waals surface area contributed by atoms with E-state index in [0.29, 0.717) is 13.0 Å². The highest BCUT2D eigenvalue weighted by atomic mass is 16.6. The molecule has 0 aromatic heterocycles. The average molecular weight is 319 g/mol. The third kappa shape index (κ3) is 6.12. The van der Waals surface area contributed by atoms with E-state index >= 15 is 0 Å². The maximum Gasteiger partial charge on any atom is 0.407 e. The van der Waals surface area contributed by atoms with Crippen LogP contribution in [0.25, 0.3) is 0 Å². The molecular weight excluding hydrogens is 290 g/mol. The minimum absolute atomic E-state index is 0.275. The third-order valence-electron chi connectivity index (χ3n) is 4.16. The van der Waals surface area contributed by atoms with Gasteiger partial charge < -0.3 is 14.8 Å². The molecule has 0 radical (unpaired) electrons. The summed E-state index contributed by atoms with van der Waals surface area (Å²) in [4.78, 5) is 12.1. The van der Waals surface area contributed by atoms with Gasteiger partial charge in [-0.3, -0.25) is 0 Å². The van der Waals surface area contributed by atoms with Crippen LogP contribution in [-0.2, 0) is 11.2 Å². The van der Waals surface area contributed by atoms with Gasteiger partial charge in [0.05, 0.1) is 6.61 Å². The van der Waals surface area contributed by atoms with Gasteiger partial charge in [0.25, 0.3) is 0 Å². The number of carbonyl (C=O) groups is 1. The number of rotatable bonds is 6. The smallest absolute Gasteiger partial charge is 0.407 e. The second-order valence-electron chi connectivity index (χ2n) is 6.88. The Morgan fingerprint density at radius 1 is 1.17 bits per heavy atom. The van der Waals surface area contributed by atoms with E-state index in [-0.39, 0.29) is 12.1 Å². The lowest BCUT2D eigenvalue weighted by molar-refractivity contribution is 0.0363. The zero-order valence-corrected chi connectivity index (χ0v) is 14.6. The highest BCUT2D eigenvalue weighted by molar-refractivity contribution is 5.68. The Morgan fingerprint density at radius 3 is 2.43 bits per heavy atom. The van der Waals surface area contributed by atoms with E-state index in [1.165, 1.54) is 19.3 Å². The highest BCUT2D eigenvalue weighted by Crippen LogP contribution is 2.21. The van der Waals surface area contributed by atoms with Crippen LogP contribution >= 0.6 is 0 Å². The average Bonchev–Trinajstić information content (AvgIpc) is 2.49. The second-order valence-corrected chi connectivity index (χ2v) is 6.88. The van der Waals surface area contributed by atoms with E-state index in [1.54, 1.807) is 0 Å². The summed E-state index contributed by atoms with van der Waals surface area (Å²) in [5, 5.41) is 3.01. The summed E-state index contributed by atoms with van der Waals surface area (Å²) in [6.45, 7) is 6.53. The molecule has 1 aliphatic carbocycles. The topological polar surface area (TPSA) is 47.6 Å². The van der Waals surface area contributed by atoms with E-state index < -0.39 is 5.60 Å². The molecule has 0 aliphatic heterocycles. The van der Waals surface area contributed by atoms with Gasteiger partial charge in [-0.25, -0.2) is 4.79 Å². The van der Waals surface area contributed by atoms with Crippen LogP contribution in [0.5, 0.6) is 5.75 Å². The van der Waals surface area contributed by atoms with Crippen LogP contribution in [0.2, 0.25) is 0 Å². The van der Waals surface area contributed by atoms with Gasteiger partial charge in [-0.1, -0.05) is 31.4 Å². The molecule has 0 saturated heterocycles. The molecule has 23 heavy (non-hydrogen) atoms. The normalized spacial score (nSPS) is 16.0. The van der Waals surface area contributed by atoms with Gasteiger partial charge >= 0.3 is 6.09 Å². The Labute approximate surface area is 139 Å². The van der Waals surface area contributed by atoms with Crippen molar-refractivity contribution in [3.63, 3.8) is 0 Å². The first kappa shape index (κ1) is 17.6. The number of hydrogen-bond acceptors (Lipinski definition) is 3. The maximum atomic E-state index is 12.1. The van der Waals surface area contributed by atoms with Crippen molar-refractivity contribution in [2.45, 2.75) is 70.9 Å². The summed E-state index contributed by atoms with van der Waals surface area (Å²) in [6.07, 6.45) is 6.17. The number of nitrogens with one attached hydrogen (secondary N) is 1. The number of hydrogen-bond donors (Lipinski definition) is 1. The Bertz CT molecular complexity index is 490. The summed E-state index contributed by atoms with van der Waals surface area (Å²) < 4.78 is 11.1. The van der Waals surface area contributed by atoms with E-state index in [2.05, 4.69) is 5.32 Å². The van der Waals surface area contributed by atoms with Gasteiger partial charge in [-0.2, -0.15) is 0 Å². The van der Waals surface area contributed by atoms with Crippen molar-refractivity contribution in [1.29, 1.82) is 0 Å². The Morgan fingerprint density at radius 2 is 1.83 bits per heavy atom. The first-order chi connectivity index (χ1) is 11.0. The van der Waals surface area contributed by atoms with Crippen LogP contribution in [0.4, 0.5) is 4.79 Å². The summed E-state index contributed by atoms with van der Waals surface area (Å²) >= 11 is 0. The zero-order chi connectivity index (χ0) is 16.7. The largest absolute Gasteiger partial charge is 0.494 e. The van der Waals surface area contributed by atoms with Crippen molar-refractivity contribution in [3.8, 4) is 5.75 Å². The third-order valence-corrected chi connectivity index (χ3v) is 4.16. The molecule has 1 saturated carbocycles. The predicted octanol–water partition coefficient (Wildman–Crippen LogP) is 4.47. The van der Waals surface area contributed by atoms with E-state index in [1.807, 2.05) is 45.0 Å². The number of carbonyl (C=O) groups excluding carboxylic acids is 1. The van der Waals surface area contributed by atoms with Gasteiger partial charge in [0.1, 0.15) is 11.4 Å². The van der Waals surface area contributed by atoms with Crippen LogP contribution in [0.1, 0.15) is 58.4 Å². The Hall–Kier alpha value is -1.71. The quantitative estimate of drug-likeness (QED) is 0.842. The summed E-state index contributed by atoms with van der Waals surface area (Å²) in [7, 11) is 0. The Balaban J connectivity index is 1.83. The summed E-state index contributed by atoms with van der Waals surface area (Å²) in [5.41, 5.74) is 0.593. The lowest BCUT2D eigenvalue weighted by atomic mass is 9.96. The second kappa shape index (κ2) is 8.23. The van der Waals surface area contributed by atoms with Crippen molar-refractivity contribution in [2.24, 2.45) is 0 Å². The molecule has 4 heteroatoms. The van der Waals surface area contributed by atoms with E-state index in [0.717, 1.165) is 24.2 Å². The molecule has 1 aromatic rings. The molecule has 0 atom stereocenters. The van der Waals surface area contributed by atoms with Crippen molar-refractivity contribution in [1.82, 2.24) is 5.32 Å². The van der Waals surface area contributed by atoms with E-state index in [4.69, 9.17) is 9.47 Å². The van der Waals surface area contributed by atoms with Crippen molar-refractivity contribution < 1.29 is 14.3 Å². The number of alkyl carbamates (subject to hydrolysis) is 1. The fraction of sp³-hybridized carbons (Fsp3) is 0.632. The van der Waals surface area contributed by atoms with Gasteiger partial charge in [0.15, 0.2) is 0 Å². The molecule has 2 rings (SSSR count). The van der Waals surface area contributed by atoms with Crippen LogP contribution in [0.15, 0.2) is 24.3 Å². The maximum absolute atomic E-state index is 12.1. The van der Waals surface area contributed by atoms with Gasteiger partial charge in [0, 0.05) is 12.5 Å². The molecule has 0 heterocycles. The SMILES string of the molecule is CCOc1ccc(CC(C)(C)OC(=O)NC2CCCCC2)cc1. The lowest BCUT2D eigenvalue weighted by Gasteiger charge is -2.28. The summed E-state index contributed by atoms with van der Waals surface area (Å²) in [5.74, 6) is 0.866. The van der Waals surface area contributed by atoms with Crippen LogP contribution in [0.3, 0.4) is 0 Å². The molecule has 0 unspecified atom stereocenters. The van der Waals surface area contributed by atoms with Crippen LogP contribution in [0, 0.1) is 0 Å². The molecule has 1 N–H and O–H groups in total. The molecule has 0 bridgehead atoms.